The summed E-state index contributed by atoms with van der Waals surface area (Å²) in [6.45, 7) is 0. The molecule has 0 unspecified atom stereocenters. The third-order valence-corrected chi connectivity index (χ3v) is 5.33. The van der Waals surface area contributed by atoms with Gasteiger partial charge in [-0.25, -0.2) is 8.42 Å². The normalized spacial score (nSPS) is 11.0. The first kappa shape index (κ1) is 19.4. The number of carbonyl (C=O) groups is 1. The molecule has 7 heteroatoms. The van der Waals surface area contributed by atoms with Gasteiger partial charge in [-0.2, -0.15) is 0 Å². The van der Waals surface area contributed by atoms with Crippen LogP contribution in [-0.2, 0) is 21.2 Å². The number of anilines is 1. The first-order valence-corrected chi connectivity index (χ1v) is 10.1. The molecule has 0 aliphatic rings. The predicted molar refractivity (Wildman–Crippen MR) is 104 cm³/mol. The number of para-hydroxylation sites is 1. The minimum absolute atomic E-state index is 0.0920. The van der Waals surface area contributed by atoms with E-state index in [-0.39, 0.29) is 11.3 Å². The minimum atomic E-state index is -3.75. The summed E-state index contributed by atoms with van der Waals surface area (Å²) in [5.74, 6) is 0.138. The number of aryl methyl sites for hydroxylation is 1. The molecule has 3 rings (SSSR count). The second kappa shape index (κ2) is 8.58. The number of carboxylic acids is 1. The molecule has 0 amide bonds. The van der Waals surface area contributed by atoms with E-state index in [9.17, 15) is 18.3 Å². The van der Waals surface area contributed by atoms with Gasteiger partial charge in [-0.05, 0) is 66.9 Å². The van der Waals surface area contributed by atoms with Crippen molar-refractivity contribution in [3.05, 3.63) is 84.4 Å². The molecule has 0 spiro atoms. The monoisotopic (exact) mass is 396 g/mol. The second-order valence-electron chi connectivity index (χ2n) is 6.06. The summed E-state index contributed by atoms with van der Waals surface area (Å²) in [7, 11) is -3.75. The first-order valence-electron chi connectivity index (χ1n) is 8.57. The number of nitrogens with one attached hydrogen (secondary N) is 1. The number of ether oxygens (including phenoxy) is 1. The van der Waals surface area contributed by atoms with Gasteiger partial charge < -0.3 is 14.6 Å². The molecule has 28 heavy (non-hydrogen) atoms. The predicted octanol–water partition coefficient (Wildman–Crippen LogP) is 2.96. The lowest BCUT2D eigenvalue weighted by Crippen LogP contribution is -2.22. The Balaban J connectivity index is 1.65. The standard InChI is InChI=1S/C21H19NO5S/c23-21(24)15-8-16-6-13-20(14-7-16)28(25,26)22-17-9-11-19(12-10-17)27-18-4-2-1-3-5-18/h1-7,9-14,22H,8,15H2,(H,23,24)/p-1. The molecule has 1 N–H and O–H groups in total. The van der Waals surface area contributed by atoms with Crippen LogP contribution in [0, 0.1) is 0 Å². The van der Waals surface area contributed by atoms with Crippen molar-refractivity contribution in [2.45, 2.75) is 17.7 Å². The van der Waals surface area contributed by atoms with Gasteiger partial charge in [-0.3, -0.25) is 4.72 Å². The summed E-state index contributed by atoms with van der Waals surface area (Å²) in [5, 5.41) is 10.5. The number of sulfonamides is 1. The molecular formula is C21H18NO5S-. The molecule has 3 aromatic carbocycles. The lowest BCUT2D eigenvalue weighted by Gasteiger charge is -2.10. The highest BCUT2D eigenvalue weighted by atomic mass is 32.2. The average molecular weight is 396 g/mol. The van der Waals surface area contributed by atoms with Crippen molar-refractivity contribution in [1.29, 1.82) is 0 Å². The summed E-state index contributed by atoms with van der Waals surface area (Å²) in [5.41, 5.74) is 1.13. The van der Waals surface area contributed by atoms with Gasteiger partial charge in [-0.1, -0.05) is 30.3 Å². The van der Waals surface area contributed by atoms with E-state index in [0.717, 1.165) is 5.56 Å². The Kier molecular flexibility index (Phi) is 5.96. The van der Waals surface area contributed by atoms with E-state index < -0.39 is 16.0 Å². The van der Waals surface area contributed by atoms with Crippen LogP contribution in [0.3, 0.4) is 0 Å². The van der Waals surface area contributed by atoms with Gasteiger partial charge in [0.2, 0.25) is 0 Å². The van der Waals surface area contributed by atoms with Crippen molar-refractivity contribution in [2.75, 3.05) is 4.72 Å². The number of hydrogen-bond acceptors (Lipinski definition) is 5. The van der Waals surface area contributed by atoms with Crippen molar-refractivity contribution in [3.8, 4) is 11.5 Å². The fourth-order valence-electron chi connectivity index (χ4n) is 2.51. The van der Waals surface area contributed by atoms with Crippen LogP contribution < -0.4 is 14.6 Å². The van der Waals surface area contributed by atoms with E-state index in [1.54, 1.807) is 36.4 Å². The van der Waals surface area contributed by atoms with Crippen LogP contribution >= 0.6 is 0 Å². The molecule has 0 radical (unpaired) electrons. The van der Waals surface area contributed by atoms with Crippen LogP contribution in [0.4, 0.5) is 5.69 Å². The third-order valence-electron chi connectivity index (χ3n) is 3.94. The van der Waals surface area contributed by atoms with Gasteiger partial charge in [0, 0.05) is 11.7 Å². The van der Waals surface area contributed by atoms with Crippen LogP contribution in [0.2, 0.25) is 0 Å². The zero-order valence-corrected chi connectivity index (χ0v) is 15.7. The minimum Gasteiger partial charge on any atom is -0.550 e. The van der Waals surface area contributed by atoms with Gasteiger partial charge in [0.25, 0.3) is 10.0 Å². The first-order chi connectivity index (χ1) is 13.4. The Hall–Kier alpha value is -3.32. The molecule has 144 valence electrons. The van der Waals surface area contributed by atoms with Gasteiger partial charge in [0.05, 0.1) is 4.90 Å². The van der Waals surface area contributed by atoms with Gasteiger partial charge >= 0.3 is 0 Å². The number of aliphatic carboxylic acids is 1. The number of carboxylic acid groups (broad SMARTS) is 1. The van der Waals surface area contributed by atoms with Gasteiger partial charge in [-0.15, -0.1) is 0 Å². The second-order valence-corrected chi connectivity index (χ2v) is 7.74. The molecular weight excluding hydrogens is 378 g/mol. The summed E-state index contributed by atoms with van der Waals surface area (Å²) < 4.78 is 33.2. The van der Waals surface area contributed by atoms with Crippen LogP contribution in [-0.4, -0.2) is 14.4 Å². The van der Waals surface area contributed by atoms with Crippen molar-refractivity contribution in [3.63, 3.8) is 0 Å². The lowest BCUT2D eigenvalue weighted by atomic mass is 10.1. The molecule has 0 atom stereocenters. The Morgan fingerprint density at radius 3 is 2.07 bits per heavy atom. The van der Waals surface area contributed by atoms with E-state index in [2.05, 4.69) is 4.72 Å². The van der Waals surface area contributed by atoms with E-state index in [1.165, 1.54) is 12.1 Å². The number of benzene rings is 3. The fraction of sp³-hybridized carbons (Fsp3) is 0.0952. The maximum Gasteiger partial charge on any atom is 0.261 e. The molecule has 3 aromatic rings. The van der Waals surface area contributed by atoms with Crippen LogP contribution in [0.15, 0.2) is 83.8 Å². The SMILES string of the molecule is O=C([O-])CCc1ccc(S(=O)(=O)Nc2ccc(Oc3ccccc3)cc2)cc1. The zero-order valence-electron chi connectivity index (χ0n) is 14.9. The summed E-state index contributed by atoms with van der Waals surface area (Å²) in [6, 6.07) is 21.9. The van der Waals surface area contributed by atoms with Crippen molar-refractivity contribution in [2.24, 2.45) is 0 Å². The molecule has 0 aromatic heterocycles. The van der Waals surface area contributed by atoms with Crippen molar-refractivity contribution in [1.82, 2.24) is 0 Å². The van der Waals surface area contributed by atoms with E-state index >= 15 is 0 Å². The van der Waals surface area contributed by atoms with Crippen LogP contribution in [0.5, 0.6) is 11.5 Å². The maximum absolute atomic E-state index is 12.5. The Bertz CT molecular complexity index is 1030. The maximum atomic E-state index is 12.5. The van der Waals surface area contributed by atoms with Gasteiger partial charge in [0.1, 0.15) is 11.5 Å². The number of rotatable bonds is 8. The highest BCUT2D eigenvalue weighted by Crippen LogP contribution is 2.24. The van der Waals surface area contributed by atoms with Crippen LogP contribution in [0.25, 0.3) is 0 Å². The molecule has 0 bridgehead atoms. The lowest BCUT2D eigenvalue weighted by molar-refractivity contribution is -0.305. The topological polar surface area (TPSA) is 95.5 Å². The Morgan fingerprint density at radius 2 is 1.46 bits per heavy atom. The van der Waals surface area contributed by atoms with E-state index in [1.807, 2.05) is 30.3 Å². The summed E-state index contributed by atoms with van der Waals surface area (Å²) in [6.07, 6.45) is 0.181. The molecule has 6 nitrogen and oxygen atoms in total. The molecule has 0 saturated carbocycles. The van der Waals surface area contributed by atoms with E-state index in [4.69, 9.17) is 4.74 Å². The summed E-state index contributed by atoms with van der Waals surface area (Å²) >= 11 is 0. The third kappa shape index (κ3) is 5.34. The Morgan fingerprint density at radius 1 is 0.857 bits per heavy atom. The molecule has 0 fully saturated rings. The average Bonchev–Trinajstić information content (AvgIpc) is 2.69. The number of hydrogen-bond donors (Lipinski definition) is 1. The highest BCUT2D eigenvalue weighted by molar-refractivity contribution is 7.92. The Labute approximate surface area is 163 Å². The fourth-order valence-corrected chi connectivity index (χ4v) is 3.57. The van der Waals surface area contributed by atoms with Crippen molar-refractivity contribution >= 4 is 21.7 Å². The molecule has 0 saturated heterocycles. The van der Waals surface area contributed by atoms with E-state index in [0.29, 0.717) is 23.6 Å². The number of carbonyl (C=O) groups excluding carboxylic acids is 1. The quantitative estimate of drug-likeness (QED) is 0.632. The van der Waals surface area contributed by atoms with Crippen molar-refractivity contribution < 1.29 is 23.1 Å². The molecule has 0 aliphatic heterocycles. The highest BCUT2D eigenvalue weighted by Gasteiger charge is 2.14. The largest absolute Gasteiger partial charge is 0.550 e. The molecule has 0 heterocycles. The summed E-state index contributed by atoms with van der Waals surface area (Å²) in [4.78, 5) is 10.6. The molecule has 0 aliphatic carbocycles. The zero-order chi connectivity index (χ0) is 20.0. The smallest absolute Gasteiger partial charge is 0.261 e. The van der Waals surface area contributed by atoms with Gasteiger partial charge in [0.15, 0.2) is 0 Å². The van der Waals surface area contributed by atoms with Crippen LogP contribution in [0.1, 0.15) is 12.0 Å².